The van der Waals surface area contributed by atoms with Crippen molar-refractivity contribution >= 4 is 15.7 Å². The summed E-state index contributed by atoms with van der Waals surface area (Å²) >= 11 is 0. The fourth-order valence-corrected chi connectivity index (χ4v) is 3.83. The van der Waals surface area contributed by atoms with Crippen molar-refractivity contribution in [3.8, 4) is 0 Å². The Morgan fingerprint density at radius 3 is 2.19 bits per heavy atom. The van der Waals surface area contributed by atoms with E-state index in [2.05, 4.69) is 43.4 Å². The molecule has 0 fully saturated rings. The first-order valence-electron chi connectivity index (χ1n) is 8.93. The van der Waals surface area contributed by atoms with Crippen LogP contribution in [0.15, 0.2) is 53.4 Å². The van der Waals surface area contributed by atoms with Crippen LogP contribution in [0.4, 0.5) is 0 Å². The van der Waals surface area contributed by atoms with Crippen LogP contribution in [0, 0.1) is 6.92 Å². The van der Waals surface area contributed by atoms with Gasteiger partial charge in [-0.3, -0.25) is 4.79 Å². The Morgan fingerprint density at radius 2 is 1.62 bits per heavy atom. The number of hydrogen-bond donors (Lipinski definition) is 1. The summed E-state index contributed by atoms with van der Waals surface area (Å²) in [5.41, 5.74) is 3.45. The number of rotatable bonds is 8. The van der Waals surface area contributed by atoms with E-state index in [1.165, 1.54) is 5.56 Å². The van der Waals surface area contributed by atoms with Crippen molar-refractivity contribution in [3.05, 3.63) is 65.2 Å². The van der Waals surface area contributed by atoms with Crippen molar-refractivity contribution in [3.63, 3.8) is 0 Å². The van der Waals surface area contributed by atoms with Crippen LogP contribution in [0.5, 0.6) is 0 Å². The third-order valence-corrected chi connectivity index (χ3v) is 6.09. The van der Waals surface area contributed by atoms with Crippen molar-refractivity contribution in [2.24, 2.45) is 0 Å². The number of aryl methyl sites for hydroxylation is 1. The van der Waals surface area contributed by atoms with Gasteiger partial charge in [0.1, 0.15) is 0 Å². The molecule has 1 N–H and O–H groups in total. The van der Waals surface area contributed by atoms with Crippen LogP contribution >= 0.6 is 0 Å². The van der Waals surface area contributed by atoms with Gasteiger partial charge in [0.25, 0.3) is 0 Å². The normalized spacial score (nSPS) is 11.5. The molecule has 5 heteroatoms. The van der Waals surface area contributed by atoms with Crippen LogP contribution in [0.2, 0.25) is 0 Å². The summed E-state index contributed by atoms with van der Waals surface area (Å²) in [5, 5.41) is 2.80. The second kappa shape index (κ2) is 8.99. The number of nitrogens with one attached hydrogen (secondary N) is 1. The predicted octanol–water partition coefficient (Wildman–Crippen LogP) is 3.64. The van der Waals surface area contributed by atoms with Gasteiger partial charge in [0.2, 0.25) is 5.91 Å². The van der Waals surface area contributed by atoms with Crippen molar-refractivity contribution in [2.75, 3.05) is 12.3 Å². The predicted molar refractivity (Wildman–Crippen MR) is 105 cm³/mol. The summed E-state index contributed by atoms with van der Waals surface area (Å²) in [7, 11) is -3.42. The Hall–Kier alpha value is -2.14. The molecule has 1 amide bonds. The number of sulfone groups is 1. The zero-order valence-corrected chi connectivity index (χ0v) is 16.5. The molecule has 0 saturated heterocycles. The molecular weight excluding hydrogens is 346 g/mol. The highest BCUT2D eigenvalue weighted by Gasteiger charge is 2.16. The second-order valence-corrected chi connectivity index (χ2v) is 8.99. The number of hydrogen-bond acceptors (Lipinski definition) is 3. The average Bonchev–Trinajstić information content (AvgIpc) is 2.61. The highest BCUT2D eigenvalue weighted by Crippen LogP contribution is 2.15. The van der Waals surface area contributed by atoms with Gasteiger partial charge < -0.3 is 5.32 Å². The topological polar surface area (TPSA) is 63.2 Å². The quantitative estimate of drug-likeness (QED) is 0.768. The first-order chi connectivity index (χ1) is 12.3. The van der Waals surface area contributed by atoms with E-state index in [0.29, 0.717) is 12.5 Å². The van der Waals surface area contributed by atoms with E-state index in [9.17, 15) is 13.2 Å². The Bertz CT molecular complexity index is 823. The first-order valence-corrected chi connectivity index (χ1v) is 10.6. The lowest BCUT2D eigenvalue weighted by atomic mass is 10.0. The Labute approximate surface area is 156 Å². The minimum atomic E-state index is -3.42. The molecule has 140 valence electrons. The first kappa shape index (κ1) is 20.2. The minimum Gasteiger partial charge on any atom is -0.356 e. The standard InChI is InChI=1S/C21H27NO3S/c1-16(2)19-8-6-18(7-9-19)12-14-22-21(23)13-15-26(24,25)20-10-4-17(3)5-11-20/h4-11,16H,12-15H2,1-3H3,(H,22,23). The lowest BCUT2D eigenvalue weighted by Gasteiger charge is -2.08. The van der Waals surface area contributed by atoms with Crippen LogP contribution in [0.1, 0.15) is 42.9 Å². The summed E-state index contributed by atoms with van der Waals surface area (Å²) in [6.07, 6.45) is 0.706. The lowest BCUT2D eigenvalue weighted by Crippen LogP contribution is -2.27. The zero-order valence-electron chi connectivity index (χ0n) is 15.7. The van der Waals surface area contributed by atoms with Gasteiger partial charge in [0.05, 0.1) is 10.6 Å². The van der Waals surface area contributed by atoms with Gasteiger partial charge in [0.15, 0.2) is 9.84 Å². The summed E-state index contributed by atoms with van der Waals surface area (Å²) in [4.78, 5) is 12.2. The summed E-state index contributed by atoms with van der Waals surface area (Å²) in [6, 6.07) is 15.1. The van der Waals surface area contributed by atoms with E-state index in [1.807, 2.05) is 6.92 Å². The molecule has 2 rings (SSSR count). The maximum Gasteiger partial charge on any atom is 0.221 e. The molecule has 0 aliphatic heterocycles. The molecule has 0 atom stereocenters. The van der Waals surface area contributed by atoms with Gasteiger partial charge >= 0.3 is 0 Å². The molecule has 2 aromatic rings. The summed E-state index contributed by atoms with van der Waals surface area (Å²) < 4.78 is 24.5. The smallest absolute Gasteiger partial charge is 0.221 e. The van der Waals surface area contributed by atoms with Crippen molar-refractivity contribution < 1.29 is 13.2 Å². The van der Waals surface area contributed by atoms with E-state index in [1.54, 1.807) is 24.3 Å². The fraction of sp³-hybridized carbons (Fsp3) is 0.381. The zero-order chi connectivity index (χ0) is 19.2. The monoisotopic (exact) mass is 373 g/mol. The van der Waals surface area contributed by atoms with Gasteiger partial charge in [-0.1, -0.05) is 55.8 Å². The Kier molecular flexibility index (Phi) is 6.98. The van der Waals surface area contributed by atoms with Crippen molar-refractivity contribution in [2.45, 2.75) is 44.4 Å². The van der Waals surface area contributed by atoms with Gasteiger partial charge in [-0.25, -0.2) is 8.42 Å². The number of amides is 1. The molecule has 2 aromatic carbocycles. The van der Waals surface area contributed by atoms with Gasteiger partial charge in [-0.2, -0.15) is 0 Å². The van der Waals surface area contributed by atoms with E-state index < -0.39 is 9.84 Å². The molecular formula is C21H27NO3S. The molecule has 0 bridgehead atoms. The van der Waals surface area contributed by atoms with Gasteiger partial charge in [0, 0.05) is 13.0 Å². The largest absolute Gasteiger partial charge is 0.356 e. The molecule has 0 spiro atoms. The SMILES string of the molecule is Cc1ccc(S(=O)(=O)CCC(=O)NCCc2ccc(C(C)C)cc2)cc1. The van der Waals surface area contributed by atoms with E-state index in [4.69, 9.17) is 0 Å². The maximum absolute atomic E-state index is 12.3. The van der Waals surface area contributed by atoms with Gasteiger partial charge in [-0.05, 0) is 42.5 Å². The van der Waals surface area contributed by atoms with Crippen LogP contribution in [-0.2, 0) is 21.1 Å². The number of carbonyl (C=O) groups is 1. The number of benzene rings is 2. The van der Waals surface area contributed by atoms with Crippen molar-refractivity contribution in [1.29, 1.82) is 0 Å². The van der Waals surface area contributed by atoms with E-state index >= 15 is 0 Å². The molecule has 0 saturated carbocycles. The van der Waals surface area contributed by atoms with Gasteiger partial charge in [-0.15, -0.1) is 0 Å². The highest BCUT2D eigenvalue weighted by molar-refractivity contribution is 7.91. The third-order valence-electron chi connectivity index (χ3n) is 4.36. The molecule has 0 aromatic heterocycles. The maximum atomic E-state index is 12.3. The third kappa shape index (κ3) is 5.99. The van der Waals surface area contributed by atoms with Crippen LogP contribution < -0.4 is 5.32 Å². The van der Waals surface area contributed by atoms with E-state index in [0.717, 1.165) is 17.5 Å². The molecule has 26 heavy (non-hydrogen) atoms. The molecule has 4 nitrogen and oxygen atoms in total. The summed E-state index contributed by atoms with van der Waals surface area (Å²) in [6.45, 7) is 6.71. The number of carbonyl (C=O) groups excluding carboxylic acids is 1. The highest BCUT2D eigenvalue weighted by atomic mass is 32.2. The van der Waals surface area contributed by atoms with Crippen LogP contribution in [-0.4, -0.2) is 26.6 Å². The second-order valence-electron chi connectivity index (χ2n) is 6.88. The average molecular weight is 374 g/mol. The van der Waals surface area contributed by atoms with Crippen LogP contribution in [0.25, 0.3) is 0 Å². The Balaban J connectivity index is 1.77. The van der Waals surface area contributed by atoms with Crippen LogP contribution in [0.3, 0.4) is 0 Å². The van der Waals surface area contributed by atoms with Crippen molar-refractivity contribution in [1.82, 2.24) is 5.32 Å². The fourth-order valence-electron chi connectivity index (χ4n) is 2.59. The molecule has 0 aliphatic carbocycles. The summed E-state index contributed by atoms with van der Waals surface area (Å²) in [5.74, 6) is 0.0871. The molecule has 0 unspecified atom stereocenters. The minimum absolute atomic E-state index is 0.0253. The molecule has 0 aliphatic rings. The van der Waals surface area contributed by atoms with E-state index in [-0.39, 0.29) is 23.0 Å². The Morgan fingerprint density at radius 1 is 1.00 bits per heavy atom. The molecule has 0 radical (unpaired) electrons. The lowest BCUT2D eigenvalue weighted by molar-refractivity contribution is -0.120. The molecule has 0 heterocycles.